The number of carbonyl (C=O) groups excluding carboxylic acids is 2. The fourth-order valence-corrected chi connectivity index (χ4v) is 1.51. The van der Waals surface area contributed by atoms with Gasteiger partial charge in [-0.2, -0.15) is 11.8 Å². The van der Waals surface area contributed by atoms with Crippen molar-refractivity contribution in [1.82, 2.24) is 10.6 Å². The zero-order chi connectivity index (χ0) is 11.0. The molecule has 0 aromatic rings. The van der Waals surface area contributed by atoms with Crippen molar-refractivity contribution in [1.29, 1.82) is 0 Å². The summed E-state index contributed by atoms with van der Waals surface area (Å²) in [5.74, 6) is 0.419. The summed E-state index contributed by atoms with van der Waals surface area (Å²) >= 11 is 1.62. The van der Waals surface area contributed by atoms with Gasteiger partial charge in [0.15, 0.2) is 0 Å². The molecule has 0 bridgehead atoms. The molecule has 4 N–H and O–H groups in total. The number of hydrogen-bond acceptors (Lipinski definition) is 4. The number of thioether (sulfide) groups is 1. The Morgan fingerprint density at radius 2 is 2.14 bits per heavy atom. The average Bonchev–Trinajstić information content (AvgIpc) is 2.17. The van der Waals surface area contributed by atoms with Gasteiger partial charge in [0.25, 0.3) is 0 Å². The van der Waals surface area contributed by atoms with Gasteiger partial charge in [-0.15, -0.1) is 0 Å². The van der Waals surface area contributed by atoms with E-state index in [0.29, 0.717) is 24.0 Å². The molecule has 0 saturated heterocycles. The van der Waals surface area contributed by atoms with Gasteiger partial charge in [-0.25, -0.2) is 4.79 Å². The van der Waals surface area contributed by atoms with E-state index >= 15 is 0 Å². The molecule has 0 aromatic carbocycles. The molecule has 14 heavy (non-hydrogen) atoms. The summed E-state index contributed by atoms with van der Waals surface area (Å²) in [6, 6.07) is -0.466. The molecule has 0 saturated carbocycles. The molecule has 3 amide bonds. The summed E-state index contributed by atoms with van der Waals surface area (Å²) in [5, 5.41) is 4.85. The molecule has 0 fully saturated rings. The van der Waals surface area contributed by atoms with Gasteiger partial charge in [-0.3, -0.25) is 10.1 Å². The van der Waals surface area contributed by atoms with Crippen molar-refractivity contribution in [2.45, 2.75) is 18.6 Å². The average molecular weight is 219 g/mol. The number of rotatable bonds is 5. The maximum Gasteiger partial charge on any atom is 0.321 e. The second-order valence-electron chi connectivity index (χ2n) is 2.79. The lowest BCUT2D eigenvalue weighted by Gasteiger charge is -2.07. The van der Waals surface area contributed by atoms with Gasteiger partial charge in [0.1, 0.15) is 0 Å². The molecular weight excluding hydrogens is 202 g/mol. The smallest absolute Gasteiger partial charge is 0.321 e. The lowest BCUT2D eigenvalue weighted by Crippen LogP contribution is -2.37. The number of imide groups is 1. The maximum absolute atomic E-state index is 11.1. The highest BCUT2D eigenvalue weighted by Gasteiger charge is 2.06. The summed E-state index contributed by atoms with van der Waals surface area (Å²) in [7, 11) is 1.47. The van der Waals surface area contributed by atoms with Crippen molar-refractivity contribution >= 4 is 23.7 Å². The van der Waals surface area contributed by atoms with Crippen LogP contribution in [0.2, 0.25) is 0 Å². The molecule has 0 aliphatic heterocycles. The topological polar surface area (TPSA) is 84.2 Å². The van der Waals surface area contributed by atoms with Gasteiger partial charge < -0.3 is 11.1 Å². The van der Waals surface area contributed by atoms with E-state index in [1.165, 1.54) is 7.05 Å². The Morgan fingerprint density at radius 1 is 1.50 bits per heavy atom. The van der Waals surface area contributed by atoms with E-state index in [1.54, 1.807) is 11.8 Å². The highest BCUT2D eigenvalue weighted by molar-refractivity contribution is 7.99. The molecule has 1 atom stereocenters. The molecule has 0 radical (unpaired) electrons. The van der Waals surface area contributed by atoms with Crippen LogP contribution in [0.1, 0.15) is 13.3 Å². The van der Waals surface area contributed by atoms with Crippen LogP contribution in [-0.2, 0) is 4.79 Å². The van der Waals surface area contributed by atoms with Crippen molar-refractivity contribution in [3.05, 3.63) is 0 Å². The molecule has 6 heteroatoms. The first-order valence-corrected chi connectivity index (χ1v) is 5.48. The number of amides is 3. The highest BCUT2D eigenvalue weighted by atomic mass is 32.2. The third-order valence-corrected chi connectivity index (χ3v) is 2.74. The lowest BCUT2D eigenvalue weighted by molar-refractivity contribution is -0.119. The molecule has 0 rings (SSSR count). The highest BCUT2D eigenvalue weighted by Crippen LogP contribution is 2.09. The van der Waals surface area contributed by atoms with E-state index in [2.05, 4.69) is 10.6 Å². The Kier molecular flexibility index (Phi) is 7.23. The van der Waals surface area contributed by atoms with Crippen molar-refractivity contribution in [3.8, 4) is 0 Å². The Bertz CT molecular complexity index is 199. The molecule has 0 aromatic heterocycles. The van der Waals surface area contributed by atoms with Gasteiger partial charge >= 0.3 is 6.03 Å². The van der Waals surface area contributed by atoms with E-state index in [9.17, 15) is 9.59 Å². The Labute approximate surface area is 88.2 Å². The zero-order valence-corrected chi connectivity index (χ0v) is 9.32. The molecule has 0 aliphatic carbocycles. The minimum Gasteiger partial charge on any atom is -0.341 e. The second-order valence-corrected chi connectivity index (χ2v) is 4.34. The quantitative estimate of drug-likeness (QED) is 0.603. The van der Waals surface area contributed by atoms with Crippen molar-refractivity contribution in [3.63, 3.8) is 0 Å². The molecule has 82 valence electrons. The standard InChI is InChI=1S/C8H17N3O2S/c1-6(5-9)14-4-3-7(12)11-8(13)10-2/h6H,3-5,9H2,1-2H3,(H2,10,11,12,13). The third-order valence-electron chi connectivity index (χ3n) is 1.54. The van der Waals surface area contributed by atoms with Crippen LogP contribution in [0, 0.1) is 0 Å². The second kappa shape index (κ2) is 7.64. The van der Waals surface area contributed by atoms with Gasteiger partial charge in [-0.05, 0) is 0 Å². The van der Waals surface area contributed by atoms with Crippen LogP contribution in [-0.4, -0.2) is 36.5 Å². The molecule has 5 nitrogen and oxygen atoms in total. The molecule has 1 unspecified atom stereocenters. The monoisotopic (exact) mass is 219 g/mol. The lowest BCUT2D eigenvalue weighted by atomic mass is 10.4. The Balaban J connectivity index is 3.49. The normalized spacial score (nSPS) is 11.9. The predicted molar refractivity (Wildman–Crippen MR) is 58.2 cm³/mol. The summed E-state index contributed by atoms with van der Waals surface area (Å²) in [6.07, 6.45) is 0.336. The van der Waals surface area contributed by atoms with E-state index in [0.717, 1.165) is 0 Å². The zero-order valence-electron chi connectivity index (χ0n) is 8.50. The summed E-state index contributed by atoms with van der Waals surface area (Å²) < 4.78 is 0. The fourth-order valence-electron chi connectivity index (χ4n) is 0.672. The number of nitrogens with two attached hydrogens (primary N) is 1. The molecule has 0 spiro atoms. The Hall–Kier alpha value is -0.750. The Morgan fingerprint density at radius 3 is 2.64 bits per heavy atom. The van der Waals surface area contributed by atoms with Crippen LogP contribution in [0.15, 0.2) is 0 Å². The number of carbonyl (C=O) groups is 2. The van der Waals surface area contributed by atoms with Gasteiger partial charge in [0.05, 0.1) is 0 Å². The largest absolute Gasteiger partial charge is 0.341 e. The number of hydrogen-bond donors (Lipinski definition) is 3. The minimum atomic E-state index is -0.466. The van der Waals surface area contributed by atoms with Crippen molar-refractivity contribution in [2.24, 2.45) is 5.73 Å². The molecule has 0 aliphatic rings. The third kappa shape index (κ3) is 6.73. The molecule has 0 heterocycles. The summed E-state index contributed by atoms with van der Waals surface area (Å²) in [6.45, 7) is 2.60. The van der Waals surface area contributed by atoms with E-state index < -0.39 is 6.03 Å². The van der Waals surface area contributed by atoms with Crippen LogP contribution in [0.3, 0.4) is 0 Å². The van der Waals surface area contributed by atoms with E-state index in [-0.39, 0.29) is 5.91 Å². The van der Waals surface area contributed by atoms with Crippen LogP contribution in [0.4, 0.5) is 4.79 Å². The van der Waals surface area contributed by atoms with E-state index in [4.69, 9.17) is 5.73 Å². The van der Waals surface area contributed by atoms with Gasteiger partial charge in [0, 0.05) is 31.0 Å². The SMILES string of the molecule is CNC(=O)NC(=O)CCSC(C)CN. The summed E-state index contributed by atoms with van der Waals surface area (Å²) in [4.78, 5) is 21.8. The van der Waals surface area contributed by atoms with Gasteiger partial charge in [0.2, 0.25) is 5.91 Å². The number of urea groups is 1. The number of nitrogens with one attached hydrogen (secondary N) is 2. The first-order chi connectivity index (χ1) is 6.60. The van der Waals surface area contributed by atoms with Crippen LogP contribution < -0.4 is 16.4 Å². The first kappa shape index (κ1) is 13.2. The van der Waals surface area contributed by atoms with Crippen LogP contribution >= 0.6 is 11.8 Å². The van der Waals surface area contributed by atoms with Crippen molar-refractivity contribution < 1.29 is 9.59 Å². The molecular formula is C8H17N3O2S. The summed E-state index contributed by atoms with van der Waals surface area (Å²) in [5.41, 5.74) is 5.41. The predicted octanol–water partition coefficient (Wildman–Crippen LogP) is -0.0875. The first-order valence-electron chi connectivity index (χ1n) is 4.43. The maximum atomic E-state index is 11.1. The minimum absolute atomic E-state index is 0.263. The van der Waals surface area contributed by atoms with Gasteiger partial charge in [-0.1, -0.05) is 6.92 Å². The van der Waals surface area contributed by atoms with E-state index in [1.807, 2.05) is 6.92 Å². The van der Waals surface area contributed by atoms with Crippen LogP contribution in [0.25, 0.3) is 0 Å². The van der Waals surface area contributed by atoms with Crippen molar-refractivity contribution in [2.75, 3.05) is 19.3 Å². The van der Waals surface area contributed by atoms with Crippen LogP contribution in [0.5, 0.6) is 0 Å². The fraction of sp³-hybridized carbons (Fsp3) is 0.750.